The van der Waals surface area contributed by atoms with Crippen molar-refractivity contribution in [2.75, 3.05) is 11.5 Å². The van der Waals surface area contributed by atoms with Gasteiger partial charge in [-0.3, -0.25) is 0 Å². The van der Waals surface area contributed by atoms with Gasteiger partial charge in [-0.25, -0.2) is 0 Å². The molecule has 1 aromatic heterocycles. The number of rotatable bonds is 2. The summed E-state index contributed by atoms with van der Waals surface area (Å²) in [5, 5.41) is 3.56. The number of aromatic nitrogens is 1. The third kappa shape index (κ3) is 1.68. The van der Waals surface area contributed by atoms with Crippen molar-refractivity contribution in [3.63, 3.8) is 0 Å². The van der Waals surface area contributed by atoms with Crippen molar-refractivity contribution in [3.05, 3.63) is 12.5 Å². The molecule has 1 unspecified atom stereocenters. The highest BCUT2D eigenvalue weighted by atomic mass is 32.2. The Hall–Kier alpha value is -0.640. The largest absolute Gasteiger partial charge is 0.484 e. The molecule has 0 radical (unpaired) electrons. The van der Waals surface area contributed by atoms with E-state index < -0.39 is 0 Å². The summed E-state index contributed by atoms with van der Waals surface area (Å²) < 4.78 is 10.2. The number of hydrogen-bond donors (Lipinski definition) is 0. The van der Waals surface area contributed by atoms with E-state index >= 15 is 0 Å². The predicted octanol–water partition coefficient (Wildman–Crippen LogP) is 1.56. The third-order valence-corrected chi connectivity index (χ3v) is 2.73. The molecule has 2 heterocycles. The van der Waals surface area contributed by atoms with Crippen LogP contribution in [0.4, 0.5) is 0 Å². The third-order valence-electron chi connectivity index (χ3n) is 1.60. The van der Waals surface area contributed by atoms with E-state index in [1.54, 1.807) is 6.20 Å². The van der Waals surface area contributed by atoms with E-state index in [1.165, 1.54) is 12.0 Å². The fraction of sp³-hybridized carbons (Fsp3) is 0.571. The molecule has 4 heteroatoms. The maximum atomic E-state index is 5.54. The molecule has 1 aromatic rings. The quantitative estimate of drug-likeness (QED) is 0.676. The highest BCUT2D eigenvalue weighted by Gasteiger charge is 2.17. The lowest BCUT2D eigenvalue weighted by atomic mass is 10.3. The van der Waals surface area contributed by atoms with Crippen molar-refractivity contribution < 1.29 is 9.26 Å². The maximum absolute atomic E-state index is 5.54. The first kappa shape index (κ1) is 7.03. The van der Waals surface area contributed by atoms with Crippen LogP contribution in [0.2, 0.25) is 0 Å². The van der Waals surface area contributed by atoms with Crippen molar-refractivity contribution >= 4 is 11.8 Å². The molecule has 1 fully saturated rings. The lowest BCUT2D eigenvalue weighted by Gasteiger charge is -2.08. The molecular formula is C7H9NO2S. The number of nitrogens with zero attached hydrogens (tertiary/aromatic N) is 1. The highest BCUT2D eigenvalue weighted by molar-refractivity contribution is 7.99. The molecule has 0 aliphatic carbocycles. The minimum atomic E-state index is 0.361. The topological polar surface area (TPSA) is 35.3 Å². The van der Waals surface area contributed by atoms with Crippen LogP contribution in [0.25, 0.3) is 0 Å². The van der Waals surface area contributed by atoms with E-state index in [0.29, 0.717) is 6.10 Å². The van der Waals surface area contributed by atoms with Crippen LogP contribution >= 0.6 is 11.8 Å². The zero-order chi connectivity index (χ0) is 7.52. The average molecular weight is 171 g/mol. The normalized spacial score (nSPS) is 23.8. The van der Waals surface area contributed by atoms with Crippen LogP contribution in [-0.4, -0.2) is 22.8 Å². The first-order chi connectivity index (χ1) is 5.45. The second-order valence-electron chi connectivity index (χ2n) is 2.46. The van der Waals surface area contributed by atoms with Gasteiger partial charge in [0.25, 0.3) is 0 Å². The number of thioether (sulfide) groups is 1. The minimum absolute atomic E-state index is 0.361. The lowest BCUT2D eigenvalue weighted by molar-refractivity contribution is 0.227. The molecule has 0 bridgehead atoms. The zero-order valence-electron chi connectivity index (χ0n) is 6.03. The Balaban J connectivity index is 1.90. The highest BCUT2D eigenvalue weighted by Crippen LogP contribution is 2.22. The Morgan fingerprint density at radius 1 is 1.73 bits per heavy atom. The molecule has 0 saturated carbocycles. The van der Waals surface area contributed by atoms with Gasteiger partial charge in [0.05, 0.1) is 0 Å². The second kappa shape index (κ2) is 3.17. The van der Waals surface area contributed by atoms with Gasteiger partial charge in [-0.2, -0.15) is 11.8 Å². The van der Waals surface area contributed by atoms with Gasteiger partial charge in [0.15, 0.2) is 12.0 Å². The first-order valence-electron chi connectivity index (χ1n) is 3.59. The Kier molecular flexibility index (Phi) is 2.03. The van der Waals surface area contributed by atoms with Gasteiger partial charge in [-0.1, -0.05) is 5.16 Å². The molecule has 2 rings (SSSR count). The first-order valence-corrected chi connectivity index (χ1v) is 4.74. The van der Waals surface area contributed by atoms with Gasteiger partial charge in [-0.05, 0) is 12.2 Å². The fourth-order valence-electron chi connectivity index (χ4n) is 1.05. The minimum Gasteiger partial charge on any atom is -0.484 e. The standard InChI is InChI=1S/C7H9NO2S/c1-2-11-5-6(1)10-7-3-8-9-4-7/h3-4,6H,1-2,5H2. The van der Waals surface area contributed by atoms with Gasteiger partial charge >= 0.3 is 0 Å². The SMILES string of the molecule is c1nocc1OC1CCSC1. The summed E-state index contributed by atoms with van der Waals surface area (Å²) >= 11 is 1.93. The summed E-state index contributed by atoms with van der Waals surface area (Å²) in [6.07, 6.45) is 4.63. The van der Waals surface area contributed by atoms with Crippen LogP contribution in [0.15, 0.2) is 17.0 Å². The molecular weight excluding hydrogens is 162 g/mol. The summed E-state index contributed by atoms with van der Waals surface area (Å²) in [7, 11) is 0. The van der Waals surface area contributed by atoms with Gasteiger partial charge < -0.3 is 9.26 Å². The molecule has 0 aromatic carbocycles. The van der Waals surface area contributed by atoms with Crippen molar-refractivity contribution in [1.82, 2.24) is 5.16 Å². The van der Waals surface area contributed by atoms with Gasteiger partial charge in [0.2, 0.25) is 0 Å². The van der Waals surface area contributed by atoms with E-state index in [0.717, 1.165) is 17.9 Å². The van der Waals surface area contributed by atoms with Crippen molar-refractivity contribution in [2.45, 2.75) is 12.5 Å². The van der Waals surface area contributed by atoms with Crippen molar-refractivity contribution in [3.8, 4) is 5.75 Å². The molecule has 0 spiro atoms. The zero-order valence-corrected chi connectivity index (χ0v) is 6.84. The van der Waals surface area contributed by atoms with Gasteiger partial charge in [-0.15, -0.1) is 0 Å². The molecule has 1 saturated heterocycles. The monoisotopic (exact) mass is 171 g/mol. The molecule has 1 atom stereocenters. The fourth-order valence-corrected chi connectivity index (χ4v) is 2.15. The molecule has 60 valence electrons. The van der Waals surface area contributed by atoms with Crippen LogP contribution in [0.3, 0.4) is 0 Å². The Morgan fingerprint density at radius 3 is 3.36 bits per heavy atom. The van der Waals surface area contributed by atoms with E-state index in [1.807, 2.05) is 11.8 Å². The predicted molar refractivity (Wildman–Crippen MR) is 42.9 cm³/mol. The summed E-state index contributed by atoms with van der Waals surface area (Å²) in [6.45, 7) is 0. The summed E-state index contributed by atoms with van der Waals surface area (Å²) in [5.74, 6) is 3.04. The molecule has 3 nitrogen and oxygen atoms in total. The Labute approximate surface area is 69.1 Å². The van der Waals surface area contributed by atoms with Crippen molar-refractivity contribution in [2.24, 2.45) is 0 Å². The van der Waals surface area contributed by atoms with Crippen molar-refractivity contribution in [1.29, 1.82) is 0 Å². The second-order valence-corrected chi connectivity index (χ2v) is 3.61. The van der Waals surface area contributed by atoms with Crippen LogP contribution < -0.4 is 4.74 Å². The number of ether oxygens (including phenoxy) is 1. The number of hydrogen-bond acceptors (Lipinski definition) is 4. The van der Waals surface area contributed by atoms with E-state index in [4.69, 9.17) is 4.74 Å². The summed E-state index contributed by atoms with van der Waals surface area (Å²) in [5.41, 5.74) is 0. The van der Waals surface area contributed by atoms with Crippen LogP contribution in [0, 0.1) is 0 Å². The van der Waals surface area contributed by atoms with E-state index in [2.05, 4.69) is 9.68 Å². The molecule has 11 heavy (non-hydrogen) atoms. The van der Waals surface area contributed by atoms with Gasteiger partial charge in [0, 0.05) is 5.75 Å². The molecule has 0 amide bonds. The van der Waals surface area contributed by atoms with Crippen LogP contribution in [0.1, 0.15) is 6.42 Å². The van der Waals surface area contributed by atoms with E-state index in [9.17, 15) is 0 Å². The van der Waals surface area contributed by atoms with Crippen LogP contribution in [-0.2, 0) is 0 Å². The Morgan fingerprint density at radius 2 is 2.73 bits per heavy atom. The molecule has 0 N–H and O–H groups in total. The lowest BCUT2D eigenvalue weighted by Crippen LogP contribution is -2.14. The molecule has 1 aliphatic rings. The average Bonchev–Trinajstić information content (AvgIpc) is 2.60. The smallest absolute Gasteiger partial charge is 0.179 e. The van der Waals surface area contributed by atoms with Crippen LogP contribution in [0.5, 0.6) is 5.75 Å². The maximum Gasteiger partial charge on any atom is 0.179 e. The van der Waals surface area contributed by atoms with E-state index in [-0.39, 0.29) is 0 Å². The Bertz CT molecular complexity index is 206. The summed E-state index contributed by atoms with van der Waals surface area (Å²) in [6, 6.07) is 0. The van der Waals surface area contributed by atoms with Gasteiger partial charge in [0.1, 0.15) is 12.3 Å². The summed E-state index contributed by atoms with van der Waals surface area (Å²) in [4.78, 5) is 0. The molecule has 1 aliphatic heterocycles.